The minimum absolute atomic E-state index is 0. The molecule has 0 aliphatic rings. The van der Waals surface area contributed by atoms with Crippen molar-refractivity contribution in [3.63, 3.8) is 0 Å². The van der Waals surface area contributed by atoms with Crippen LogP contribution in [0.15, 0.2) is 60.7 Å². The molecule has 0 saturated heterocycles. The summed E-state index contributed by atoms with van der Waals surface area (Å²) in [7, 11) is 0. The van der Waals surface area contributed by atoms with Crippen molar-refractivity contribution in [1.29, 1.82) is 0 Å². The van der Waals surface area contributed by atoms with E-state index in [1.807, 2.05) is 60.7 Å². The van der Waals surface area contributed by atoms with Gasteiger partial charge in [-0.25, -0.2) is 24.3 Å². The summed E-state index contributed by atoms with van der Waals surface area (Å²) < 4.78 is 0. The van der Waals surface area contributed by atoms with Crippen molar-refractivity contribution in [2.75, 3.05) is 0 Å². The molecule has 0 aliphatic carbocycles. The van der Waals surface area contributed by atoms with Gasteiger partial charge >= 0.3 is 17.1 Å². The fraction of sp³-hybridized carbons (Fsp3) is 0. The van der Waals surface area contributed by atoms with Crippen molar-refractivity contribution in [1.82, 2.24) is 6.15 Å². The fourth-order valence-electron chi connectivity index (χ4n) is 0.642. The van der Waals surface area contributed by atoms with E-state index in [-0.39, 0.29) is 23.2 Å². The maximum atomic E-state index is 2.00. The molecule has 2 aromatic rings. The number of hydrogen-bond donors (Lipinski definition) is 0. The number of rotatable bonds is 0. The molecule has 0 N–H and O–H groups in total. The van der Waals surface area contributed by atoms with Crippen LogP contribution in [0.2, 0.25) is 0 Å². The van der Waals surface area contributed by atoms with Gasteiger partial charge in [-0.2, -0.15) is 36.4 Å². The minimum Gasteiger partial charge on any atom is -0.214 e. The predicted octanol–water partition coefficient (Wildman–Crippen LogP) is 2.33. The van der Waals surface area contributed by atoms with Crippen LogP contribution in [0.1, 0.15) is 0 Å². The van der Waals surface area contributed by atoms with Gasteiger partial charge in [-0.3, -0.25) is 0 Å². The Kier molecular flexibility index (Phi) is 11.7. The molecular weight excluding hydrogens is 190 g/mol. The van der Waals surface area contributed by atoms with Gasteiger partial charge in [-0.05, 0) is 0 Å². The largest absolute Gasteiger partial charge is 2.00 e. The summed E-state index contributed by atoms with van der Waals surface area (Å²) in [6.07, 6.45) is 0. The third-order valence-electron chi connectivity index (χ3n) is 1.11. The molecule has 3 radical (unpaired) electrons. The fourth-order valence-corrected chi connectivity index (χ4v) is 0.642. The zero-order valence-corrected chi connectivity index (χ0v) is 7.68. The van der Waals surface area contributed by atoms with Crippen LogP contribution in [0.4, 0.5) is 0 Å². The molecule has 0 spiro atoms. The summed E-state index contributed by atoms with van der Waals surface area (Å²) in [5.74, 6) is 0. The summed E-state index contributed by atoms with van der Waals surface area (Å²) in [4.78, 5) is 0. The Morgan fingerprint density at radius 1 is 0.583 bits per heavy atom. The van der Waals surface area contributed by atoms with E-state index in [9.17, 15) is 0 Å². The van der Waals surface area contributed by atoms with Gasteiger partial charge in [0.05, 0.1) is 0 Å². The van der Waals surface area contributed by atoms with Gasteiger partial charge in [0.15, 0.2) is 0 Å². The van der Waals surface area contributed by atoms with Crippen LogP contribution in [-0.2, 0) is 17.1 Å². The maximum Gasteiger partial charge on any atom is 2.00 e. The molecule has 0 unspecified atom stereocenters. The van der Waals surface area contributed by atoms with Gasteiger partial charge in [0.2, 0.25) is 0 Å². The monoisotopic (exact) mass is 200 g/mol. The maximum absolute atomic E-state index is 2.00. The molecule has 0 atom stereocenters. The first-order valence-electron chi connectivity index (χ1n) is 3.33. The van der Waals surface area contributed by atoms with Crippen LogP contribution in [0, 0.1) is 0 Å². The van der Waals surface area contributed by atoms with E-state index >= 15 is 0 Å². The van der Waals surface area contributed by atoms with E-state index in [0.29, 0.717) is 0 Å². The first-order chi connectivity index (χ1) is 5.00. The molecule has 0 aromatic heterocycles. The molecule has 2 heteroatoms. The molecule has 0 aliphatic heterocycles. The predicted molar refractivity (Wildman–Crippen MR) is 46.2 cm³/mol. The van der Waals surface area contributed by atoms with Crippen molar-refractivity contribution < 1.29 is 17.1 Å². The van der Waals surface area contributed by atoms with E-state index in [4.69, 9.17) is 0 Å². The molecule has 63 valence electrons. The Morgan fingerprint density at radius 3 is 0.917 bits per heavy atom. The summed E-state index contributed by atoms with van der Waals surface area (Å²) in [6.45, 7) is 0. The normalized spacial score (nSPS) is 6.67. The Bertz CT molecular complexity index is 149. The average Bonchev–Trinajstić information content (AvgIpc) is 2.67. The molecule has 0 heterocycles. The summed E-state index contributed by atoms with van der Waals surface area (Å²) >= 11 is 0. The van der Waals surface area contributed by atoms with Crippen LogP contribution in [0.5, 0.6) is 0 Å². The Hall–Kier alpha value is -0.821. The van der Waals surface area contributed by atoms with Gasteiger partial charge in [0.25, 0.3) is 0 Å². The Labute approximate surface area is 84.2 Å². The molecule has 0 amide bonds. The SMILES string of the molecule is [Fe+2].[N].c1cc[cH-]c1.c1cc[cH-]c1. The number of nitrogens with zero attached hydrogens (tertiary/aromatic N) is 1. The van der Waals surface area contributed by atoms with Crippen LogP contribution < -0.4 is 6.15 Å². The van der Waals surface area contributed by atoms with Gasteiger partial charge in [0.1, 0.15) is 0 Å². The van der Waals surface area contributed by atoms with E-state index in [1.165, 1.54) is 0 Å². The van der Waals surface area contributed by atoms with Crippen LogP contribution in [0.25, 0.3) is 0 Å². The van der Waals surface area contributed by atoms with E-state index < -0.39 is 0 Å². The molecule has 2 aromatic carbocycles. The second-order valence-corrected chi connectivity index (χ2v) is 1.92. The molecule has 0 saturated carbocycles. The number of hydrogen-bond acceptors (Lipinski definition) is 0. The molecule has 0 bridgehead atoms. The molecular formula is C10H10FeN. The first-order valence-corrected chi connectivity index (χ1v) is 3.33. The molecule has 2 rings (SSSR count). The quantitative estimate of drug-likeness (QED) is 0.461. The summed E-state index contributed by atoms with van der Waals surface area (Å²) in [5, 5.41) is 0. The van der Waals surface area contributed by atoms with Gasteiger partial charge in [-0.1, -0.05) is 0 Å². The third kappa shape index (κ3) is 7.29. The van der Waals surface area contributed by atoms with Crippen LogP contribution in [-0.4, -0.2) is 0 Å². The van der Waals surface area contributed by atoms with Gasteiger partial charge < -0.3 is 0 Å². The minimum atomic E-state index is 0. The zero-order chi connectivity index (χ0) is 7.07. The van der Waals surface area contributed by atoms with Crippen molar-refractivity contribution in [2.24, 2.45) is 0 Å². The molecule has 1 nitrogen and oxygen atoms in total. The van der Waals surface area contributed by atoms with Crippen molar-refractivity contribution >= 4 is 0 Å². The van der Waals surface area contributed by atoms with E-state index in [2.05, 4.69) is 0 Å². The summed E-state index contributed by atoms with van der Waals surface area (Å²) in [5.41, 5.74) is 0. The van der Waals surface area contributed by atoms with E-state index in [1.54, 1.807) is 0 Å². The molecule has 12 heavy (non-hydrogen) atoms. The van der Waals surface area contributed by atoms with Crippen molar-refractivity contribution in [3.05, 3.63) is 60.7 Å². The smallest absolute Gasteiger partial charge is 0.214 e. The van der Waals surface area contributed by atoms with Gasteiger partial charge in [-0.15, -0.1) is 0 Å². The second kappa shape index (κ2) is 10.2. The van der Waals surface area contributed by atoms with Crippen LogP contribution in [0.3, 0.4) is 0 Å². The first kappa shape index (κ1) is 13.7. The average molecular weight is 200 g/mol. The van der Waals surface area contributed by atoms with Crippen molar-refractivity contribution in [3.8, 4) is 0 Å². The zero-order valence-electron chi connectivity index (χ0n) is 6.57. The summed E-state index contributed by atoms with van der Waals surface area (Å²) in [6, 6.07) is 20.0. The van der Waals surface area contributed by atoms with Gasteiger partial charge in [0, 0.05) is 6.15 Å². The standard InChI is InChI=1S/2C5H5.Fe.N/c2*1-2-4-5-3-1;;/h2*1-5H;;/q2*-1;+2;. The van der Waals surface area contributed by atoms with Crippen LogP contribution >= 0.6 is 0 Å². The Balaban J connectivity index is 0. The Morgan fingerprint density at radius 2 is 0.833 bits per heavy atom. The topological polar surface area (TPSA) is 30.5 Å². The second-order valence-electron chi connectivity index (χ2n) is 1.92. The molecule has 0 fully saturated rings. The van der Waals surface area contributed by atoms with Crippen molar-refractivity contribution in [2.45, 2.75) is 0 Å². The third-order valence-corrected chi connectivity index (χ3v) is 1.11. The van der Waals surface area contributed by atoms with E-state index in [0.717, 1.165) is 0 Å².